The van der Waals surface area contributed by atoms with Gasteiger partial charge in [0, 0.05) is 17.8 Å². The molecule has 0 saturated carbocycles. The first kappa shape index (κ1) is 16.8. The van der Waals surface area contributed by atoms with Crippen LogP contribution in [-0.2, 0) is 4.79 Å². The highest BCUT2D eigenvalue weighted by molar-refractivity contribution is 7.99. The normalized spacial score (nSPS) is 13.5. The second-order valence-electron chi connectivity index (χ2n) is 5.06. The summed E-state index contributed by atoms with van der Waals surface area (Å²) >= 11 is 1.81. The van der Waals surface area contributed by atoms with Crippen molar-refractivity contribution in [3.63, 3.8) is 0 Å². The Labute approximate surface area is 111 Å². The lowest BCUT2D eigenvalue weighted by atomic mass is 10.2. The van der Waals surface area contributed by atoms with Crippen molar-refractivity contribution in [1.29, 1.82) is 0 Å². The van der Waals surface area contributed by atoms with Crippen LogP contribution in [0.1, 0.15) is 47.0 Å². The lowest BCUT2D eigenvalue weighted by Gasteiger charge is -2.24. The van der Waals surface area contributed by atoms with Crippen LogP contribution in [0.3, 0.4) is 0 Å². The second kappa shape index (κ2) is 8.81. The SMILES string of the molecule is CCCCCNC(=O)C(C)NCC(C)(C)SC. The molecule has 0 aromatic rings. The fourth-order valence-electron chi connectivity index (χ4n) is 1.30. The van der Waals surface area contributed by atoms with E-state index in [1.54, 1.807) is 0 Å². The maximum Gasteiger partial charge on any atom is 0.236 e. The van der Waals surface area contributed by atoms with E-state index in [0.717, 1.165) is 19.5 Å². The Bertz CT molecular complexity index is 219. The Morgan fingerprint density at radius 3 is 2.53 bits per heavy atom. The van der Waals surface area contributed by atoms with Crippen molar-refractivity contribution < 1.29 is 4.79 Å². The van der Waals surface area contributed by atoms with Gasteiger partial charge in [-0.05, 0) is 33.4 Å². The minimum absolute atomic E-state index is 0.108. The van der Waals surface area contributed by atoms with Crippen LogP contribution in [0, 0.1) is 0 Å². The highest BCUT2D eigenvalue weighted by Gasteiger charge is 2.19. The topological polar surface area (TPSA) is 41.1 Å². The molecule has 0 bridgehead atoms. The first-order chi connectivity index (χ1) is 7.93. The van der Waals surface area contributed by atoms with E-state index in [4.69, 9.17) is 0 Å². The van der Waals surface area contributed by atoms with Gasteiger partial charge in [0.1, 0.15) is 0 Å². The molecule has 0 aliphatic heterocycles. The fraction of sp³-hybridized carbons (Fsp3) is 0.923. The van der Waals surface area contributed by atoms with Crippen molar-refractivity contribution in [3.05, 3.63) is 0 Å². The van der Waals surface area contributed by atoms with Crippen LogP contribution in [0.4, 0.5) is 0 Å². The van der Waals surface area contributed by atoms with E-state index in [2.05, 4.69) is 37.7 Å². The van der Waals surface area contributed by atoms with Gasteiger partial charge in [0.25, 0.3) is 0 Å². The van der Waals surface area contributed by atoms with Crippen molar-refractivity contribution in [2.45, 2.75) is 57.7 Å². The highest BCUT2D eigenvalue weighted by Crippen LogP contribution is 2.19. The molecule has 0 aliphatic carbocycles. The maximum absolute atomic E-state index is 11.7. The Kier molecular flexibility index (Phi) is 8.70. The Balaban J connectivity index is 3.74. The van der Waals surface area contributed by atoms with E-state index in [1.807, 2.05) is 18.7 Å². The third-order valence-electron chi connectivity index (χ3n) is 2.86. The summed E-state index contributed by atoms with van der Waals surface area (Å²) in [5.41, 5.74) is 0. The number of nitrogens with one attached hydrogen (secondary N) is 2. The zero-order valence-electron chi connectivity index (χ0n) is 11.9. The van der Waals surface area contributed by atoms with Crippen molar-refractivity contribution in [2.24, 2.45) is 0 Å². The Hall–Kier alpha value is -0.220. The number of thioether (sulfide) groups is 1. The van der Waals surface area contributed by atoms with Gasteiger partial charge in [-0.25, -0.2) is 0 Å². The van der Waals surface area contributed by atoms with Gasteiger partial charge in [-0.1, -0.05) is 19.8 Å². The zero-order chi connectivity index (χ0) is 13.3. The summed E-state index contributed by atoms with van der Waals surface area (Å²) in [7, 11) is 0. The van der Waals surface area contributed by atoms with Gasteiger partial charge < -0.3 is 10.6 Å². The van der Waals surface area contributed by atoms with E-state index >= 15 is 0 Å². The van der Waals surface area contributed by atoms with E-state index in [9.17, 15) is 4.79 Å². The minimum atomic E-state index is -0.108. The van der Waals surface area contributed by atoms with E-state index in [0.29, 0.717) is 0 Å². The molecule has 0 saturated heterocycles. The van der Waals surface area contributed by atoms with E-state index < -0.39 is 0 Å². The van der Waals surface area contributed by atoms with E-state index in [1.165, 1.54) is 12.8 Å². The number of amides is 1. The summed E-state index contributed by atoms with van der Waals surface area (Å²) in [6.45, 7) is 10.1. The third-order valence-corrected chi connectivity index (χ3v) is 4.11. The number of rotatable bonds is 9. The molecule has 0 fully saturated rings. The van der Waals surface area contributed by atoms with Gasteiger partial charge in [-0.2, -0.15) is 11.8 Å². The molecule has 0 heterocycles. The Morgan fingerprint density at radius 2 is 2.00 bits per heavy atom. The van der Waals surface area contributed by atoms with Crippen molar-refractivity contribution in [3.8, 4) is 0 Å². The van der Waals surface area contributed by atoms with Crippen LogP contribution >= 0.6 is 11.8 Å². The predicted molar refractivity (Wildman–Crippen MR) is 77.6 cm³/mol. The van der Waals surface area contributed by atoms with Gasteiger partial charge >= 0.3 is 0 Å². The van der Waals surface area contributed by atoms with Crippen LogP contribution in [-0.4, -0.2) is 36.0 Å². The lowest BCUT2D eigenvalue weighted by molar-refractivity contribution is -0.122. The smallest absolute Gasteiger partial charge is 0.236 e. The number of carbonyl (C=O) groups excluding carboxylic acids is 1. The summed E-state index contributed by atoms with van der Waals surface area (Å²) < 4.78 is 0.177. The summed E-state index contributed by atoms with van der Waals surface area (Å²) in [6, 6.07) is -0.108. The van der Waals surface area contributed by atoms with Crippen molar-refractivity contribution in [1.82, 2.24) is 10.6 Å². The van der Waals surface area contributed by atoms with Crippen LogP contribution in [0.15, 0.2) is 0 Å². The molecule has 0 spiro atoms. The molecule has 1 atom stereocenters. The van der Waals surface area contributed by atoms with Gasteiger partial charge in [0.15, 0.2) is 0 Å². The minimum Gasteiger partial charge on any atom is -0.355 e. The number of carbonyl (C=O) groups is 1. The first-order valence-electron chi connectivity index (χ1n) is 6.49. The first-order valence-corrected chi connectivity index (χ1v) is 7.71. The van der Waals surface area contributed by atoms with Crippen molar-refractivity contribution in [2.75, 3.05) is 19.3 Å². The largest absolute Gasteiger partial charge is 0.355 e. The molecule has 0 radical (unpaired) electrons. The van der Waals surface area contributed by atoms with Gasteiger partial charge in [-0.3, -0.25) is 4.79 Å². The second-order valence-corrected chi connectivity index (χ2v) is 6.58. The average molecular weight is 260 g/mol. The molecule has 4 heteroatoms. The summed E-state index contributed by atoms with van der Waals surface area (Å²) in [5, 5.41) is 6.24. The van der Waals surface area contributed by atoms with Gasteiger partial charge in [0.05, 0.1) is 6.04 Å². The van der Waals surface area contributed by atoms with Crippen LogP contribution in [0.25, 0.3) is 0 Å². The fourth-order valence-corrected chi connectivity index (χ4v) is 1.53. The third kappa shape index (κ3) is 8.50. The molecule has 2 N–H and O–H groups in total. The van der Waals surface area contributed by atoms with Gasteiger partial charge in [0.2, 0.25) is 5.91 Å². The number of unbranched alkanes of at least 4 members (excludes halogenated alkanes) is 2. The molecular weight excluding hydrogens is 232 g/mol. The lowest BCUT2D eigenvalue weighted by Crippen LogP contribution is -2.46. The summed E-state index contributed by atoms with van der Waals surface area (Å²) in [5.74, 6) is 0.109. The quantitative estimate of drug-likeness (QED) is 0.626. The predicted octanol–water partition coefficient (Wildman–Crippen LogP) is 2.41. The van der Waals surface area contributed by atoms with E-state index in [-0.39, 0.29) is 16.7 Å². The zero-order valence-corrected chi connectivity index (χ0v) is 12.7. The standard InChI is InChI=1S/C13H28N2OS/c1-6-7-8-9-14-12(16)11(2)15-10-13(3,4)17-5/h11,15H,6-10H2,1-5H3,(H,14,16). The maximum atomic E-state index is 11.7. The van der Waals surface area contributed by atoms with Crippen LogP contribution in [0.2, 0.25) is 0 Å². The molecule has 1 unspecified atom stereocenters. The summed E-state index contributed by atoms with van der Waals surface area (Å²) in [4.78, 5) is 11.7. The van der Waals surface area contributed by atoms with Crippen LogP contribution in [0.5, 0.6) is 0 Å². The molecule has 3 nitrogen and oxygen atoms in total. The molecule has 0 aliphatic rings. The number of hydrogen-bond donors (Lipinski definition) is 2. The molecule has 102 valence electrons. The molecule has 0 aromatic carbocycles. The Morgan fingerprint density at radius 1 is 1.35 bits per heavy atom. The molecule has 1 amide bonds. The average Bonchev–Trinajstić information content (AvgIpc) is 2.31. The van der Waals surface area contributed by atoms with Gasteiger partial charge in [-0.15, -0.1) is 0 Å². The molecular formula is C13H28N2OS. The molecule has 17 heavy (non-hydrogen) atoms. The highest BCUT2D eigenvalue weighted by atomic mass is 32.2. The molecule has 0 aromatic heterocycles. The monoisotopic (exact) mass is 260 g/mol. The number of hydrogen-bond acceptors (Lipinski definition) is 3. The van der Waals surface area contributed by atoms with Crippen molar-refractivity contribution >= 4 is 17.7 Å². The van der Waals surface area contributed by atoms with Crippen LogP contribution < -0.4 is 10.6 Å². The molecule has 0 rings (SSSR count). The summed E-state index contributed by atoms with van der Waals surface area (Å²) in [6.07, 6.45) is 5.54.